The van der Waals surface area contributed by atoms with Crippen LogP contribution in [-0.2, 0) is 14.8 Å². The number of rotatable bonds is 4. The summed E-state index contributed by atoms with van der Waals surface area (Å²) in [7, 11) is -3.49. The number of carboxylic acid groups (broad SMARTS) is 1. The van der Waals surface area contributed by atoms with Crippen molar-refractivity contribution in [3.63, 3.8) is 0 Å². The van der Waals surface area contributed by atoms with E-state index in [0.717, 1.165) is 5.56 Å². The van der Waals surface area contributed by atoms with Crippen molar-refractivity contribution in [1.29, 1.82) is 0 Å². The lowest BCUT2D eigenvalue weighted by molar-refractivity contribution is -0.138. The Morgan fingerprint density at radius 2 is 1.81 bits per heavy atom. The Morgan fingerprint density at radius 3 is 2.43 bits per heavy atom. The summed E-state index contributed by atoms with van der Waals surface area (Å²) < 4.78 is 26.6. The van der Waals surface area contributed by atoms with Crippen molar-refractivity contribution in [2.45, 2.75) is 18.2 Å². The first kappa shape index (κ1) is 15.9. The molecular formula is C14H20N2O4S. The zero-order valence-corrected chi connectivity index (χ0v) is 12.8. The van der Waals surface area contributed by atoms with E-state index in [-0.39, 0.29) is 6.54 Å². The minimum absolute atomic E-state index is 0.0432. The highest BCUT2D eigenvalue weighted by atomic mass is 32.2. The van der Waals surface area contributed by atoms with Gasteiger partial charge in [-0.05, 0) is 25.5 Å². The van der Waals surface area contributed by atoms with Crippen molar-refractivity contribution in [1.82, 2.24) is 9.21 Å². The summed E-state index contributed by atoms with van der Waals surface area (Å²) in [6, 6.07) is 6.79. The molecule has 1 N–H and O–H groups in total. The molecule has 0 radical (unpaired) electrons. The Balaban J connectivity index is 2.10. The van der Waals surface area contributed by atoms with E-state index in [1.54, 1.807) is 29.2 Å². The molecule has 0 aromatic heterocycles. The molecule has 0 unspecified atom stereocenters. The lowest BCUT2D eigenvalue weighted by Gasteiger charge is -2.20. The fourth-order valence-corrected chi connectivity index (χ4v) is 3.87. The molecule has 6 nitrogen and oxygen atoms in total. The van der Waals surface area contributed by atoms with Gasteiger partial charge < -0.3 is 5.11 Å². The van der Waals surface area contributed by atoms with Gasteiger partial charge in [-0.25, -0.2) is 8.42 Å². The van der Waals surface area contributed by atoms with E-state index in [1.165, 1.54) is 4.31 Å². The Kier molecular flexibility index (Phi) is 4.97. The van der Waals surface area contributed by atoms with Crippen LogP contribution < -0.4 is 0 Å². The first-order valence-corrected chi connectivity index (χ1v) is 8.34. The highest BCUT2D eigenvalue weighted by molar-refractivity contribution is 7.89. The molecule has 0 amide bonds. The predicted molar refractivity (Wildman–Crippen MR) is 78.6 cm³/mol. The van der Waals surface area contributed by atoms with Gasteiger partial charge in [-0.15, -0.1) is 0 Å². The lowest BCUT2D eigenvalue weighted by atomic mass is 10.2. The van der Waals surface area contributed by atoms with Crippen LogP contribution in [0, 0.1) is 6.92 Å². The number of carbonyl (C=O) groups is 1. The summed E-state index contributed by atoms with van der Waals surface area (Å²) in [5, 5.41) is 8.81. The van der Waals surface area contributed by atoms with Gasteiger partial charge in [0.15, 0.2) is 0 Å². The fourth-order valence-electron chi connectivity index (χ4n) is 2.40. The average Bonchev–Trinajstić information content (AvgIpc) is 2.64. The van der Waals surface area contributed by atoms with E-state index in [4.69, 9.17) is 5.11 Å². The molecule has 2 rings (SSSR count). The molecule has 21 heavy (non-hydrogen) atoms. The lowest BCUT2D eigenvalue weighted by Crippen LogP contribution is -2.36. The zero-order chi connectivity index (χ0) is 15.5. The van der Waals surface area contributed by atoms with Gasteiger partial charge in [-0.2, -0.15) is 4.31 Å². The molecule has 7 heteroatoms. The molecule has 0 aliphatic carbocycles. The summed E-state index contributed by atoms with van der Waals surface area (Å²) >= 11 is 0. The number of aryl methyl sites for hydroxylation is 1. The standard InChI is InChI=1S/C14H20N2O4S/c1-12-3-5-13(6-4-12)21(19,20)16-8-2-7-15(9-10-16)11-14(17)18/h3-6H,2,7-11H2,1H3,(H,17,18). The molecule has 0 atom stereocenters. The van der Waals surface area contributed by atoms with E-state index >= 15 is 0 Å². The molecule has 1 aliphatic rings. The van der Waals surface area contributed by atoms with Crippen LogP contribution >= 0.6 is 0 Å². The summed E-state index contributed by atoms with van der Waals surface area (Å²) in [6.07, 6.45) is 0.637. The second kappa shape index (κ2) is 6.55. The summed E-state index contributed by atoms with van der Waals surface area (Å²) in [4.78, 5) is 12.8. The molecule has 1 aliphatic heterocycles. The summed E-state index contributed by atoms with van der Waals surface area (Å²) in [5.41, 5.74) is 1.01. The van der Waals surface area contributed by atoms with Crippen molar-refractivity contribution in [3.05, 3.63) is 29.8 Å². The SMILES string of the molecule is Cc1ccc(S(=O)(=O)N2CCCN(CC(=O)O)CC2)cc1. The summed E-state index contributed by atoms with van der Waals surface area (Å²) in [6.45, 7) is 3.66. The van der Waals surface area contributed by atoms with Gasteiger partial charge in [0.2, 0.25) is 10.0 Å². The second-order valence-electron chi connectivity index (χ2n) is 5.24. The predicted octanol–water partition coefficient (Wildman–Crippen LogP) is 0.776. The van der Waals surface area contributed by atoms with Gasteiger partial charge in [-0.3, -0.25) is 9.69 Å². The second-order valence-corrected chi connectivity index (χ2v) is 7.18. The largest absolute Gasteiger partial charge is 0.480 e. The van der Waals surface area contributed by atoms with Crippen LogP contribution in [0.1, 0.15) is 12.0 Å². The molecule has 1 saturated heterocycles. The van der Waals surface area contributed by atoms with Crippen molar-refractivity contribution >= 4 is 16.0 Å². The smallest absolute Gasteiger partial charge is 0.317 e. The van der Waals surface area contributed by atoms with Crippen LogP contribution in [0.25, 0.3) is 0 Å². The maximum absolute atomic E-state index is 12.6. The van der Waals surface area contributed by atoms with Crippen LogP contribution in [0.2, 0.25) is 0 Å². The van der Waals surface area contributed by atoms with Gasteiger partial charge in [0, 0.05) is 26.2 Å². The molecular weight excluding hydrogens is 292 g/mol. The third kappa shape index (κ3) is 4.03. The maximum atomic E-state index is 12.6. The van der Waals surface area contributed by atoms with Crippen molar-refractivity contribution in [2.24, 2.45) is 0 Å². The Bertz CT molecular complexity index is 598. The molecule has 1 fully saturated rings. The number of nitrogens with zero attached hydrogens (tertiary/aromatic N) is 2. The minimum Gasteiger partial charge on any atom is -0.480 e. The van der Waals surface area contributed by atoms with Crippen LogP contribution in [-0.4, -0.2) is 61.4 Å². The minimum atomic E-state index is -3.49. The number of aliphatic carboxylic acids is 1. The molecule has 0 saturated carbocycles. The molecule has 1 aromatic rings. The number of hydrogen-bond donors (Lipinski definition) is 1. The molecule has 1 heterocycles. The van der Waals surface area contributed by atoms with Crippen molar-refractivity contribution < 1.29 is 18.3 Å². The van der Waals surface area contributed by atoms with Crippen LogP contribution in [0.3, 0.4) is 0 Å². The third-order valence-corrected chi connectivity index (χ3v) is 5.48. The number of sulfonamides is 1. The molecule has 0 bridgehead atoms. The van der Waals surface area contributed by atoms with E-state index in [2.05, 4.69) is 0 Å². The van der Waals surface area contributed by atoms with Crippen LogP contribution in [0.15, 0.2) is 29.2 Å². The topological polar surface area (TPSA) is 77.9 Å². The Hall–Kier alpha value is -1.44. The van der Waals surface area contributed by atoms with Gasteiger partial charge >= 0.3 is 5.97 Å². The van der Waals surface area contributed by atoms with Gasteiger partial charge in [-0.1, -0.05) is 17.7 Å². The number of hydrogen-bond acceptors (Lipinski definition) is 4. The van der Waals surface area contributed by atoms with Crippen molar-refractivity contribution in [3.8, 4) is 0 Å². The van der Waals surface area contributed by atoms with Crippen LogP contribution in [0.5, 0.6) is 0 Å². The van der Waals surface area contributed by atoms with E-state index in [0.29, 0.717) is 37.5 Å². The Morgan fingerprint density at radius 1 is 1.14 bits per heavy atom. The van der Waals surface area contributed by atoms with E-state index in [1.807, 2.05) is 6.92 Å². The van der Waals surface area contributed by atoms with E-state index in [9.17, 15) is 13.2 Å². The average molecular weight is 312 g/mol. The van der Waals surface area contributed by atoms with E-state index < -0.39 is 16.0 Å². The quantitative estimate of drug-likeness (QED) is 0.889. The fraction of sp³-hybridized carbons (Fsp3) is 0.500. The van der Waals surface area contributed by atoms with Gasteiger partial charge in [0.1, 0.15) is 0 Å². The van der Waals surface area contributed by atoms with Gasteiger partial charge in [0.05, 0.1) is 11.4 Å². The van der Waals surface area contributed by atoms with Crippen molar-refractivity contribution in [2.75, 3.05) is 32.7 Å². The first-order chi connectivity index (χ1) is 9.89. The van der Waals surface area contributed by atoms with Crippen LogP contribution in [0.4, 0.5) is 0 Å². The third-order valence-electron chi connectivity index (χ3n) is 3.57. The first-order valence-electron chi connectivity index (χ1n) is 6.90. The zero-order valence-electron chi connectivity index (χ0n) is 12.0. The highest BCUT2D eigenvalue weighted by Crippen LogP contribution is 2.18. The number of benzene rings is 1. The van der Waals surface area contributed by atoms with Gasteiger partial charge in [0.25, 0.3) is 0 Å². The maximum Gasteiger partial charge on any atom is 0.317 e. The summed E-state index contributed by atoms with van der Waals surface area (Å²) in [5.74, 6) is -0.884. The molecule has 116 valence electrons. The normalized spacial score (nSPS) is 18.3. The monoisotopic (exact) mass is 312 g/mol. The highest BCUT2D eigenvalue weighted by Gasteiger charge is 2.27. The molecule has 0 spiro atoms. The number of carboxylic acids is 1. The Labute approximate surface area is 125 Å². The molecule has 1 aromatic carbocycles.